The van der Waals surface area contributed by atoms with Crippen molar-refractivity contribution >= 4 is 40.4 Å². The van der Waals surface area contributed by atoms with Gasteiger partial charge in [0.15, 0.2) is 0 Å². The van der Waals surface area contributed by atoms with Crippen molar-refractivity contribution in [2.75, 3.05) is 16.8 Å². The topological polar surface area (TPSA) is 107 Å². The molecule has 1 aliphatic rings. The summed E-state index contributed by atoms with van der Waals surface area (Å²) in [5.74, 6) is -0.978. The average molecular weight is 391 g/mol. The van der Waals surface area contributed by atoms with E-state index in [9.17, 15) is 14.4 Å². The van der Waals surface area contributed by atoms with Gasteiger partial charge in [0.1, 0.15) is 6.04 Å². The maximum absolute atomic E-state index is 12.6. The largest absolute Gasteiger partial charge is 0.344 e. The van der Waals surface area contributed by atoms with Crippen molar-refractivity contribution in [1.82, 2.24) is 15.3 Å². The Morgan fingerprint density at radius 2 is 1.86 bits per heavy atom. The van der Waals surface area contributed by atoms with Gasteiger partial charge in [0.05, 0.1) is 17.0 Å². The molecule has 1 aliphatic heterocycles. The molecule has 29 heavy (non-hydrogen) atoms. The molecule has 0 radical (unpaired) electrons. The minimum atomic E-state index is -0.767. The molecule has 0 bridgehead atoms. The fourth-order valence-corrected chi connectivity index (χ4v) is 3.37. The summed E-state index contributed by atoms with van der Waals surface area (Å²) in [5, 5.41) is 5.37. The number of H-pyrrole nitrogens is 1. The summed E-state index contributed by atoms with van der Waals surface area (Å²) in [5.41, 5.74) is 2.32. The molecule has 0 saturated carbocycles. The van der Waals surface area contributed by atoms with Gasteiger partial charge in [-0.3, -0.25) is 19.7 Å². The number of carbonyl (C=O) groups excluding carboxylic acids is 3. The Hall–Kier alpha value is -3.68. The molecule has 0 aliphatic carbocycles. The Bertz CT molecular complexity index is 1030. The van der Waals surface area contributed by atoms with Crippen LogP contribution in [0.3, 0.4) is 0 Å². The van der Waals surface area contributed by atoms with E-state index in [4.69, 9.17) is 0 Å². The van der Waals surface area contributed by atoms with Gasteiger partial charge < -0.3 is 15.2 Å². The quantitative estimate of drug-likeness (QED) is 0.619. The Balaban J connectivity index is 1.35. The lowest BCUT2D eigenvalue weighted by Gasteiger charge is -2.18. The summed E-state index contributed by atoms with van der Waals surface area (Å²) in [4.78, 5) is 46.2. The van der Waals surface area contributed by atoms with Crippen LogP contribution >= 0.6 is 0 Å². The Morgan fingerprint density at radius 1 is 1.14 bits per heavy atom. The van der Waals surface area contributed by atoms with Gasteiger partial charge in [-0.2, -0.15) is 0 Å². The number of aromatic amines is 1. The van der Waals surface area contributed by atoms with E-state index in [-0.39, 0.29) is 24.1 Å². The second-order valence-corrected chi connectivity index (χ2v) is 7.06. The summed E-state index contributed by atoms with van der Waals surface area (Å²) in [6.07, 6.45) is 0.124. The summed E-state index contributed by atoms with van der Waals surface area (Å²) in [6.45, 7) is 1.90. The maximum Gasteiger partial charge on any atom is 0.248 e. The highest BCUT2D eigenvalue weighted by molar-refractivity contribution is 6.02. The van der Waals surface area contributed by atoms with E-state index in [1.807, 2.05) is 54.6 Å². The number of amides is 3. The minimum Gasteiger partial charge on any atom is -0.344 e. The SMILES string of the molecule is C[C@H](NC(=O)[C@H]1CC(=O)N(c2ccccc2)C1)C(=O)Nc1nc2ccccc2[nH]1. The Labute approximate surface area is 167 Å². The van der Waals surface area contributed by atoms with Gasteiger partial charge in [0, 0.05) is 18.7 Å². The normalized spacial score (nSPS) is 17.3. The van der Waals surface area contributed by atoms with Crippen LogP contribution in [-0.4, -0.2) is 40.3 Å². The smallest absolute Gasteiger partial charge is 0.248 e. The molecule has 0 unspecified atom stereocenters. The molecule has 3 amide bonds. The number of anilines is 2. The number of nitrogens with one attached hydrogen (secondary N) is 3. The number of carbonyl (C=O) groups is 3. The number of nitrogens with zero attached hydrogens (tertiary/aromatic N) is 2. The van der Waals surface area contributed by atoms with Crippen molar-refractivity contribution in [3.8, 4) is 0 Å². The van der Waals surface area contributed by atoms with Crippen LogP contribution in [0.5, 0.6) is 0 Å². The second-order valence-electron chi connectivity index (χ2n) is 7.06. The van der Waals surface area contributed by atoms with Crippen LogP contribution in [0, 0.1) is 5.92 Å². The Kier molecular flexibility index (Phi) is 4.99. The third kappa shape index (κ3) is 3.96. The maximum atomic E-state index is 12.6. The number of aromatic nitrogens is 2. The number of benzene rings is 2. The van der Waals surface area contributed by atoms with E-state index in [2.05, 4.69) is 20.6 Å². The molecule has 2 heterocycles. The molecule has 1 saturated heterocycles. The van der Waals surface area contributed by atoms with Gasteiger partial charge in [-0.15, -0.1) is 0 Å². The zero-order chi connectivity index (χ0) is 20.4. The van der Waals surface area contributed by atoms with Crippen molar-refractivity contribution in [1.29, 1.82) is 0 Å². The summed E-state index contributed by atoms with van der Waals surface area (Å²) in [7, 11) is 0. The number of imidazole rings is 1. The van der Waals surface area contributed by atoms with Crippen molar-refractivity contribution in [3.05, 3.63) is 54.6 Å². The number of hydrogen-bond donors (Lipinski definition) is 3. The first-order chi connectivity index (χ1) is 14.0. The van der Waals surface area contributed by atoms with E-state index < -0.39 is 12.0 Å². The molecule has 0 spiro atoms. The van der Waals surface area contributed by atoms with Crippen LogP contribution in [0.15, 0.2) is 54.6 Å². The van der Waals surface area contributed by atoms with Crippen LogP contribution in [0.4, 0.5) is 11.6 Å². The lowest BCUT2D eigenvalue weighted by Crippen LogP contribution is -2.44. The lowest BCUT2D eigenvalue weighted by atomic mass is 10.1. The highest BCUT2D eigenvalue weighted by Crippen LogP contribution is 2.25. The van der Waals surface area contributed by atoms with Gasteiger partial charge in [0.2, 0.25) is 23.7 Å². The van der Waals surface area contributed by atoms with Crippen molar-refractivity contribution in [2.24, 2.45) is 5.92 Å². The second kappa shape index (κ2) is 7.75. The van der Waals surface area contributed by atoms with Gasteiger partial charge in [-0.05, 0) is 31.2 Å². The average Bonchev–Trinajstić information content (AvgIpc) is 3.31. The van der Waals surface area contributed by atoms with Gasteiger partial charge in [-0.25, -0.2) is 4.98 Å². The van der Waals surface area contributed by atoms with Crippen LogP contribution < -0.4 is 15.5 Å². The standard InChI is InChI=1S/C21H21N5O3/c1-13(19(28)25-21-23-16-9-5-6-10-17(16)24-21)22-20(29)14-11-18(27)26(12-14)15-7-3-2-4-8-15/h2-10,13-14H,11-12H2,1H3,(H,22,29)(H2,23,24,25,28)/t13-,14-/m0/s1. The molecule has 4 rings (SSSR count). The lowest BCUT2D eigenvalue weighted by molar-refractivity contribution is -0.129. The van der Waals surface area contributed by atoms with Crippen LogP contribution in [0.1, 0.15) is 13.3 Å². The highest BCUT2D eigenvalue weighted by Gasteiger charge is 2.36. The van der Waals surface area contributed by atoms with Crippen LogP contribution in [-0.2, 0) is 14.4 Å². The number of fused-ring (bicyclic) bond motifs is 1. The number of hydrogen-bond acceptors (Lipinski definition) is 4. The molecule has 8 heteroatoms. The zero-order valence-corrected chi connectivity index (χ0v) is 15.9. The monoisotopic (exact) mass is 391 g/mol. The van der Waals surface area contributed by atoms with Crippen LogP contribution in [0.25, 0.3) is 11.0 Å². The molecule has 148 valence electrons. The third-order valence-electron chi connectivity index (χ3n) is 4.95. The van der Waals surface area contributed by atoms with Gasteiger partial charge in [-0.1, -0.05) is 30.3 Å². The van der Waals surface area contributed by atoms with Gasteiger partial charge in [0.25, 0.3) is 0 Å². The summed E-state index contributed by atoms with van der Waals surface area (Å²) >= 11 is 0. The fraction of sp³-hybridized carbons (Fsp3) is 0.238. The van der Waals surface area contributed by atoms with E-state index >= 15 is 0 Å². The molecular weight excluding hydrogens is 370 g/mol. The first-order valence-electron chi connectivity index (χ1n) is 9.42. The first-order valence-corrected chi connectivity index (χ1v) is 9.42. The van der Waals surface area contributed by atoms with E-state index in [0.29, 0.717) is 12.5 Å². The molecule has 3 aromatic rings. The molecule has 3 N–H and O–H groups in total. The minimum absolute atomic E-state index is 0.101. The molecular formula is C21H21N5O3. The number of para-hydroxylation sites is 3. The third-order valence-corrected chi connectivity index (χ3v) is 4.95. The predicted molar refractivity (Wildman–Crippen MR) is 109 cm³/mol. The van der Waals surface area contributed by atoms with Crippen molar-refractivity contribution < 1.29 is 14.4 Å². The fourth-order valence-electron chi connectivity index (χ4n) is 3.37. The van der Waals surface area contributed by atoms with Crippen LogP contribution in [0.2, 0.25) is 0 Å². The molecule has 1 aromatic heterocycles. The summed E-state index contributed by atoms with van der Waals surface area (Å²) < 4.78 is 0. The summed E-state index contributed by atoms with van der Waals surface area (Å²) in [6, 6.07) is 15.9. The Morgan fingerprint density at radius 3 is 2.62 bits per heavy atom. The number of rotatable bonds is 5. The molecule has 8 nitrogen and oxygen atoms in total. The molecule has 1 fully saturated rings. The molecule has 2 atom stereocenters. The van der Waals surface area contributed by atoms with E-state index in [1.165, 1.54) is 0 Å². The molecule has 2 aromatic carbocycles. The predicted octanol–water partition coefficient (Wildman–Crippen LogP) is 2.06. The van der Waals surface area contributed by atoms with Crippen molar-refractivity contribution in [2.45, 2.75) is 19.4 Å². The van der Waals surface area contributed by atoms with E-state index in [0.717, 1.165) is 16.7 Å². The first kappa shape index (κ1) is 18.7. The van der Waals surface area contributed by atoms with E-state index in [1.54, 1.807) is 11.8 Å². The zero-order valence-electron chi connectivity index (χ0n) is 15.9. The highest BCUT2D eigenvalue weighted by atomic mass is 16.2. The van der Waals surface area contributed by atoms with Gasteiger partial charge >= 0.3 is 0 Å². The van der Waals surface area contributed by atoms with Crippen molar-refractivity contribution in [3.63, 3.8) is 0 Å².